The van der Waals surface area contributed by atoms with Crippen LogP contribution in [0.5, 0.6) is 0 Å². The van der Waals surface area contributed by atoms with Crippen LogP contribution in [0.25, 0.3) is 0 Å². The van der Waals surface area contributed by atoms with Gasteiger partial charge < -0.3 is 20.4 Å². The molecule has 4 rings (SSSR count). The van der Waals surface area contributed by atoms with Gasteiger partial charge in [-0.15, -0.1) is 24.0 Å². The fourth-order valence-corrected chi connectivity index (χ4v) is 4.82. The van der Waals surface area contributed by atoms with E-state index in [0.29, 0.717) is 24.3 Å². The molecule has 2 unspecified atom stereocenters. The molecular weight excluding hydrogens is 505 g/mol. The maximum absolute atomic E-state index is 11.2. The van der Waals surface area contributed by atoms with Crippen molar-refractivity contribution in [2.24, 2.45) is 16.6 Å². The molecule has 0 radical (unpaired) electrons. The number of halogens is 1. The number of primary amides is 1. The quantitative estimate of drug-likeness (QED) is 0.348. The minimum Gasteiger partial charge on any atom is -0.454 e. The number of benzene rings is 1. The van der Waals surface area contributed by atoms with E-state index in [1.807, 2.05) is 7.05 Å². The topological polar surface area (TPSA) is 87.1 Å². The largest absolute Gasteiger partial charge is 0.454 e. The van der Waals surface area contributed by atoms with Crippen LogP contribution >= 0.6 is 24.0 Å². The zero-order chi connectivity index (χ0) is 20.9. The van der Waals surface area contributed by atoms with Gasteiger partial charge in [0.1, 0.15) is 5.76 Å². The summed E-state index contributed by atoms with van der Waals surface area (Å²) in [7, 11) is 1.81. The van der Waals surface area contributed by atoms with Crippen molar-refractivity contribution in [1.29, 1.82) is 0 Å². The van der Waals surface area contributed by atoms with E-state index in [2.05, 4.69) is 50.4 Å². The first-order valence-electron chi connectivity index (χ1n) is 10.8. The number of hydrogen-bond donors (Lipinski definition) is 2. The molecule has 0 aliphatic carbocycles. The third-order valence-electron chi connectivity index (χ3n) is 6.25. The predicted molar refractivity (Wildman–Crippen MR) is 132 cm³/mol. The van der Waals surface area contributed by atoms with Gasteiger partial charge in [0.25, 0.3) is 5.91 Å². The Morgan fingerprint density at radius 1 is 1.19 bits per heavy atom. The Labute approximate surface area is 201 Å². The van der Waals surface area contributed by atoms with Crippen LogP contribution in [0.2, 0.25) is 0 Å². The maximum atomic E-state index is 11.2. The molecule has 1 aromatic carbocycles. The van der Waals surface area contributed by atoms with Gasteiger partial charge in [0.2, 0.25) is 0 Å². The van der Waals surface area contributed by atoms with Crippen molar-refractivity contribution in [3.8, 4) is 0 Å². The van der Waals surface area contributed by atoms with Crippen LogP contribution in [0, 0.1) is 5.92 Å². The number of likely N-dealkylation sites (tertiary alicyclic amines) is 2. The monoisotopic (exact) mass is 537 g/mol. The summed E-state index contributed by atoms with van der Waals surface area (Å²) in [6.07, 6.45) is 3.66. The van der Waals surface area contributed by atoms with Gasteiger partial charge in [-0.2, -0.15) is 0 Å². The van der Waals surface area contributed by atoms with Crippen LogP contribution in [0.1, 0.15) is 41.1 Å². The van der Waals surface area contributed by atoms with Gasteiger partial charge in [-0.05, 0) is 49.4 Å². The van der Waals surface area contributed by atoms with Crippen molar-refractivity contribution in [2.75, 3.05) is 26.7 Å². The highest BCUT2D eigenvalue weighted by Gasteiger charge is 2.36. The van der Waals surface area contributed by atoms with Crippen molar-refractivity contribution in [3.05, 3.63) is 59.5 Å². The average molecular weight is 537 g/mol. The number of aliphatic imine (C=N–C) groups is 1. The lowest BCUT2D eigenvalue weighted by atomic mass is 9.83. The molecule has 2 aliphatic rings. The number of carbonyl (C=O) groups is 1. The molecular formula is C23H32IN5O2. The Morgan fingerprint density at radius 3 is 2.71 bits per heavy atom. The minimum atomic E-state index is -0.551. The Kier molecular flexibility index (Phi) is 8.36. The Hall–Kier alpha value is -2.07. The normalized spacial score (nSPS) is 21.8. The molecule has 2 atom stereocenters. The zero-order valence-corrected chi connectivity index (χ0v) is 20.3. The van der Waals surface area contributed by atoms with E-state index in [9.17, 15) is 4.79 Å². The van der Waals surface area contributed by atoms with E-state index < -0.39 is 5.91 Å². The van der Waals surface area contributed by atoms with Gasteiger partial charge >= 0.3 is 0 Å². The van der Waals surface area contributed by atoms with Gasteiger partial charge in [0, 0.05) is 32.7 Å². The molecule has 7 nitrogen and oxygen atoms in total. The SMILES string of the molecule is CN=C(NCc1ccc(C(N)=O)o1)N1CCC2C(CCCN2Cc2ccccc2)C1.I. The van der Waals surface area contributed by atoms with Crippen molar-refractivity contribution in [1.82, 2.24) is 15.1 Å². The van der Waals surface area contributed by atoms with Gasteiger partial charge in [-0.1, -0.05) is 30.3 Å². The molecule has 2 aliphatic heterocycles. The van der Waals surface area contributed by atoms with E-state index >= 15 is 0 Å². The molecule has 1 amide bonds. The summed E-state index contributed by atoms with van der Waals surface area (Å²) >= 11 is 0. The molecule has 8 heteroatoms. The standard InChI is InChI=1S/C23H31N5O2.HI/c1-25-23(26-14-19-9-10-21(30-19)22(24)29)28-13-11-20-18(16-28)8-5-12-27(20)15-17-6-3-2-4-7-17;/h2-4,6-7,9-10,18,20H,5,8,11-16H2,1H3,(H2,24,29)(H,25,26);1H. The first kappa shape index (κ1) is 23.6. The van der Waals surface area contributed by atoms with Gasteiger partial charge in [-0.3, -0.25) is 14.7 Å². The number of nitrogens with two attached hydrogens (primary N) is 1. The molecule has 2 aromatic rings. The number of guanidine groups is 1. The highest BCUT2D eigenvalue weighted by molar-refractivity contribution is 14.0. The third-order valence-corrected chi connectivity index (χ3v) is 6.25. The third kappa shape index (κ3) is 5.79. The second kappa shape index (κ2) is 11.0. The van der Waals surface area contributed by atoms with E-state index in [-0.39, 0.29) is 29.7 Å². The molecule has 3 N–H and O–H groups in total. The van der Waals surface area contributed by atoms with Gasteiger partial charge in [0.05, 0.1) is 6.54 Å². The lowest BCUT2D eigenvalue weighted by Crippen LogP contribution is -2.56. The van der Waals surface area contributed by atoms with Crippen LogP contribution in [-0.4, -0.2) is 54.4 Å². The number of hydrogen-bond acceptors (Lipinski definition) is 4. The summed E-state index contributed by atoms with van der Waals surface area (Å²) in [5.41, 5.74) is 6.65. The maximum Gasteiger partial charge on any atom is 0.284 e. The molecule has 0 bridgehead atoms. The Balaban J connectivity index is 0.00000272. The number of fused-ring (bicyclic) bond motifs is 1. The summed E-state index contributed by atoms with van der Waals surface area (Å²) in [4.78, 5) is 20.7. The lowest BCUT2D eigenvalue weighted by molar-refractivity contribution is 0.0372. The number of carbonyl (C=O) groups excluding carboxylic acids is 1. The molecule has 168 valence electrons. The fourth-order valence-electron chi connectivity index (χ4n) is 4.82. The highest BCUT2D eigenvalue weighted by Crippen LogP contribution is 2.31. The first-order chi connectivity index (χ1) is 14.6. The minimum absolute atomic E-state index is 0. The van der Waals surface area contributed by atoms with Crippen molar-refractivity contribution in [3.63, 3.8) is 0 Å². The molecule has 31 heavy (non-hydrogen) atoms. The number of nitrogens with zero attached hydrogens (tertiary/aromatic N) is 3. The second-order valence-corrected chi connectivity index (χ2v) is 8.19. The smallest absolute Gasteiger partial charge is 0.284 e. The van der Waals surface area contributed by atoms with Crippen LogP contribution in [0.3, 0.4) is 0 Å². The number of piperidine rings is 2. The molecule has 2 fully saturated rings. The Bertz CT molecular complexity index is 885. The van der Waals surface area contributed by atoms with Crippen LogP contribution in [-0.2, 0) is 13.1 Å². The first-order valence-corrected chi connectivity index (χ1v) is 10.8. The summed E-state index contributed by atoms with van der Waals surface area (Å²) in [5.74, 6) is 1.84. The van der Waals surface area contributed by atoms with Crippen LogP contribution in [0.4, 0.5) is 0 Å². The molecule has 3 heterocycles. The van der Waals surface area contributed by atoms with Crippen molar-refractivity contribution < 1.29 is 9.21 Å². The van der Waals surface area contributed by atoms with E-state index in [1.54, 1.807) is 12.1 Å². The summed E-state index contributed by atoms with van der Waals surface area (Å²) in [6, 6.07) is 14.8. The van der Waals surface area contributed by atoms with E-state index in [0.717, 1.165) is 32.0 Å². The van der Waals surface area contributed by atoms with E-state index in [4.69, 9.17) is 10.2 Å². The predicted octanol–water partition coefficient (Wildman–Crippen LogP) is 3.06. The van der Waals surface area contributed by atoms with Crippen molar-refractivity contribution in [2.45, 2.75) is 38.4 Å². The van der Waals surface area contributed by atoms with Crippen LogP contribution < -0.4 is 11.1 Å². The summed E-state index contributed by atoms with van der Waals surface area (Å²) < 4.78 is 5.47. The summed E-state index contributed by atoms with van der Waals surface area (Å²) in [5, 5.41) is 3.37. The molecule has 1 aromatic heterocycles. The fraction of sp³-hybridized carbons (Fsp3) is 0.478. The number of furan rings is 1. The lowest BCUT2D eigenvalue weighted by Gasteiger charge is -2.48. The van der Waals surface area contributed by atoms with Crippen molar-refractivity contribution >= 4 is 35.8 Å². The van der Waals surface area contributed by atoms with Crippen LogP contribution in [0.15, 0.2) is 51.9 Å². The highest BCUT2D eigenvalue weighted by atomic mass is 127. The molecule has 0 saturated carbocycles. The molecule has 2 saturated heterocycles. The molecule has 0 spiro atoms. The second-order valence-electron chi connectivity index (χ2n) is 8.19. The van der Waals surface area contributed by atoms with Gasteiger partial charge in [-0.25, -0.2) is 0 Å². The average Bonchev–Trinajstić information content (AvgIpc) is 3.24. The summed E-state index contributed by atoms with van der Waals surface area (Å²) in [6.45, 7) is 4.70. The number of rotatable bonds is 5. The Morgan fingerprint density at radius 2 is 2.00 bits per heavy atom. The number of nitrogens with one attached hydrogen (secondary N) is 1. The zero-order valence-electron chi connectivity index (χ0n) is 18.0. The van der Waals surface area contributed by atoms with E-state index in [1.165, 1.54) is 24.9 Å². The number of amides is 1. The van der Waals surface area contributed by atoms with Gasteiger partial charge in [0.15, 0.2) is 11.7 Å².